The lowest BCUT2D eigenvalue weighted by molar-refractivity contribution is -0.385. The standard InChI is InChI=1S/C28H26ClN3O6/c1-28-21-15-24(38-3)23(37-2)14-18(21)12-13-31(28)26(33)25(20-6-4-5-7-22(20)32(35)36)30(27(28)34)16-17-8-10-19(29)11-9-17/h4-11,14-15,25H,12-13,16H2,1-3H3. The second kappa shape index (κ2) is 9.64. The van der Waals surface area contributed by atoms with E-state index in [-0.39, 0.29) is 36.2 Å². The molecule has 0 aliphatic carbocycles. The van der Waals surface area contributed by atoms with Gasteiger partial charge < -0.3 is 19.3 Å². The Bertz CT molecular complexity index is 1440. The SMILES string of the molecule is COc1cc2c(cc1OC)C1(C)C(=O)N(Cc3ccc(Cl)cc3)C(c3ccccc3[N+](=O)[O-])C(=O)N1CC2. The summed E-state index contributed by atoms with van der Waals surface area (Å²) in [6.45, 7) is 2.06. The number of piperazine rings is 1. The summed E-state index contributed by atoms with van der Waals surface area (Å²) in [7, 11) is 3.06. The van der Waals surface area contributed by atoms with E-state index in [1.807, 2.05) is 6.07 Å². The topological polar surface area (TPSA) is 102 Å². The summed E-state index contributed by atoms with van der Waals surface area (Å²) in [5, 5.41) is 12.5. The fourth-order valence-corrected chi connectivity index (χ4v) is 5.68. The summed E-state index contributed by atoms with van der Waals surface area (Å²) in [6, 6.07) is 15.4. The predicted molar refractivity (Wildman–Crippen MR) is 140 cm³/mol. The largest absolute Gasteiger partial charge is 0.493 e. The fourth-order valence-electron chi connectivity index (χ4n) is 5.56. The van der Waals surface area contributed by atoms with Crippen LogP contribution in [0.5, 0.6) is 11.5 Å². The van der Waals surface area contributed by atoms with Crippen LogP contribution in [-0.2, 0) is 28.1 Å². The minimum absolute atomic E-state index is 0.0600. The lowest BCUT2D eigenvalue weighted by Gasteiger charge is -2.53. The third kappa shape index (κ3) is 3.94. The van der Waals surface area contributed by atoms with Gasteiger partial charge in [-0.15, -0.1) is 0 Å². The van der Waals surface area contributed by atoms with Crippen molar-refractivity contribution in [1.29, 1.82) is 0 Å². The van der Waals surface area contributed by atoms with Crippen molar-refractivity contribution < 1.29 is 24.0 Å². The molecule has 9 nitrogen and oxygen atoms in total. The first-order chi connectivity index (χ1) is 18.2. The summed E-state index contributed by atoms with van der Waals surface area (Å²) in [4.78, 5) is 43.2. The van der Waals surface area contributed by atoms with Crippen LogP contribution in [0.2, 0.25) is 5.02 Å². The van der Waals surface area contributed by atoms with E-state index in [0.29, 0.717) is 28.5 Å². The number of hydrogen-bond donors (Lipinski definition) is 0. The van der Waals surface area contributed by atoms with E-state index >= 15 is 0 Å². The molecule has 0 bridgehead atoms. The molecule has 0 saturated carbocycles. The van der Waals surface area contributed by atoms with Crippen LogP contribution >= 0.6 is 11.6 Å². The van der Waals surface area contributed by atoms with Crippen LogP contribution < -0.4 is 9.47 Å². The lowest BCUT2D eigenvalue weighted by atomic mass is 9.77. The van der Waals surface area contributed by atoms with Crippen molar-refractivity contribution in [1.82, 2.24) is 9.80 Å². The highest BCUT2D eigenvalue weighted by molar-refractivity contribution is 6.30. The number of nitrogens with zero attached hydrogens (tertiary/aromatic N) is 3. The smallest absolute Gasteiger partial charge is 0.275 e. The summed E-state index contributed by atoms with van der Waals surface area (Å²) >= 11 is 6.07. The second-order valence-corrected chi connectivity index (χ2v) is 9.89. The lowest BCUT2D eigenvalue weighted by Crippen LogP contribution is -2.67. The van der Waals surface area contributed by atoms with Gasteiger partial charge in [0.25, 0.3) is 17.5 Å². The molecule has 2 aliphatic rings. The molecule has 196 valence electrons. The van der Waals surface area contributed by atoms with Crippen LogP contribution in [0, 0.1) is 10.1 Å². The zero-order valence-corrected chi connectivity index (χ0v) is 21.9. The van der Waals surface area contributed by atoms with Gasteiger partial charge in [-0.3, -0.25) is 19.7 Å². The molecule has 0 spiro atoms. The number of para-hydroxylation sites is 1. The molecule has 2 atom stereocenters. The second-order valence-electron chi connectivity index (χ2n) is 9.45. The number of carbonyl (C=O) groups excluding carboxylic acids is 2. The van der Waals surface area contributed by atoms with E-state index in [4.69, 9.17) is 21.1 Å². The summed E-state index contributed by atoms with van der Waals surface area (Å²) in [6.07, 6.45) is 0.491. The molecule has 2 heterocycles. The number of benzene rings is 3. The van der Waals surface area contributed by atoms with Crippen LogP contribution in [0.1, 0.15) is 35.2 Å². The molecule has 1 fully saturated rings. The molecule has 3 aromatic rings. The Morgan fingerprint density at radius 2 is 1.71 bits per heavy atom. The average Bonchev–Trinajstić information content (AvgIpc) is 2.92. The van der Waals surface area contributed by atoms with Gasteiger partial charge in [-0.25, -0.2) is 0 Å². The summed E-state index contributed by atoms with van der Waals surface area (Å²) < 4.78 is 11.0. The third-order valence-electron chi connectivity index (χ3n) is 7.46. The van der Waals surface area contributed by atoms with E-state index < -0.39 is 16.5 Å². The highest BCUT2D eigenvalue weighted by Gasteiger charge is 2.57. The van der Waals surface area contributed by atoms with Gasteiger partial charge in [0.05, 0.1) is 24.7 Å². The number of carbonyl (C=O) groups is 2. The van der Waals surface area contributed by atoms with Gasteiger partial charge in [0.2, 0.25) is 0 Å². The molecule has 38 heavy (non-hydrogen) atoms. The van der Waals surface area contributed by atoms with Gasteiger partial charge in [0, 0.05) is 24.2 Å². The number of hydrogen-bond acceptors (Lipinski definition) is 6. The van der Waals surface area contributed by atoms with Crippen LogP contribution in [0.4, 0.5) is 5.69 Å². The fraction of sp³-hybridized carbons (Fsp3) is 0.286. The molecule has 1 saturated heterocycles. The molecule has 2 amide bonds. The zero-order valence-electron chi connectivity index (χ0n) is 21.1. The van der Waals surface area contributed by atoms with Crippen LogP contribution in [-0.4, -0.2) is 47.3 Å². The molecule has 3 aromatic carbocycles. The van der Waals surface area contributed by atoms with Gasteiger partial charge in [0.15, 0.2) is 11.5 Å². The van der Waals surface area contributed by atoms with E-state index in [1.54, 1.807) is 61.4 Å². The van der Waals surface area contributed by atoms with Crippen molar-refractivity contribution in [3.05, 3.63) is 98.1 Å². The Kier molecular flexibility index (Phi) is 6.48. The number of fused-ring (bicyclic) bond motifs is 3. The van der Waals surface area contributed by atoms with Gasteiger partial charge in [-0.2, -0.15) is 0 Å². The predicted octanol–water partition coefficient (Wildman–Crippen LogP) is 4.65. The van der Waals surface area contributed by atoms with Crippen LogP contribution in [0.15, 0.2) is 60.7 Å². The molecule has 0 radical (unpaired) electrons. The van der Waals surface area contributed by atoms with Crippen molar-refractivity contribution in [3.63, 3.8) is 0 Å². The van der Waals surface area contributed by atoms with Crippen molar-refractivity contribution in [3.8, 4) is 11.5 Å². The number of methoxy groups -OCH3 is 2. The van der Waals surface area contributed by atoms with E-state index in [9.17, 15) is 19.7 Å². The quantitative estimate of drug-likeness (QED) is 0.336. The molecule has 0 N–H and O–H groups in total. The van der Waals surface area contributed by atoms with Crippen molar-refractivity contribution >= 4 is 29.1 Å². The monoisotopic (exact) mass is 535 g/mol. The molecule has 2 aliphatic heterocycles. The van der Waals surface area contributed by atoms with Crippen molar-refractivity contribution in [2.75, 3.05) is 20.8 Å². The van der Waals surface area contributed by atoms with E-state index in [2.05, 4.69) is 0 Å². The molecule has 2 unspecified atom stereocenters. The van der Waals surface area contributed by atoms with Crippen molar-refractivity contribution in [2.24, 2.45) is 0 Å². The molecular formula is C28H26ClN3O6. The normalized spacial score (nSPS) is 20.6. The number of amides is 2. The maximum absolute atomic E-state index is 14.5. The van der Waals surface area contributed by atoms with Crippen molar-refractivity contribution in [2.45, 2.75) is 31.5 Å². The number of halogens is 1. The first-order valence-electron chi connectivity index (χ1n) is 12.1. The average molecular weight is 536 g/mol. The maximum Gasteiger partial charge on any atom is 0.275 e. The Morgan fingerprint density at radius 3 is 2.37 bits per heavy atom. The van der Waals surface area contributed by atoms with Gasteiger partial charge in [-0.1, -0.05) is 35.9 Å². The Hall–Kier alpha value is -4.11. The third-order valence-corrected chi connectivity index (χ3v) is 7.71. The number of rotatable bonds is 6. The highest BCUT2D eigenvalue weighted by atomic mass is 35.5. The van der Waals surface area contributed by atoms with Gasteiger partial charge in [0.1, 0.15) is 11.6 Å². The molecule has 5 rings (SSSR count). The minimum Gasteiger partial charge on any atom is -0.493 e. The highest BCUT2D eigenvalue weighted by Crippen LogP contribution is 2.48. The van der Waals surface area contributed by atoms with Crippen LogP contribution in [0.3, 0.4) is 0 Å². The first kappa shape index (κ1) is 25.5. The van der Waals surface area contributed by atoms with E-state index in [1.165, 1.54) is 24.1 Å². The maximum atomic E-state index is 14.5. The molecule has 0 aromatic heterocycles. The first-order valence-corrected chi connectivity index (χ1v) is 12.4. The molecule has 10 heteroatoms. The van der Waals surface area contributed by atoms with Crippen LogP contribution in [0.25, 0.3) is 0 Å². The van der Waals surface area contributed by atoms with Gasteiger partial charge >= 0.3 is 0 Å². The Morgan fingerprint density at radius 1 is 1.05 bits per heavy atom. The number of ether oxygens (including phenoxy) is 2. The van der Waals surface area contributed by atoms with Gasteiger partial charge in [-0.05, 0) is 60.4 Å². The molecular weight excluding hydrogens is 510 g/mol. The minimum atomic E-state index is -1.35. The Balaban J connectivity index is 1.70. The number of nitro benzene ring substituents is 1. The Labute approximate surface area is 224 Å². The van der Waals surface area contributed by atoms with E-state index in [0.717, 1.165) is 11.1 Å². The number of nitro groups is 1. The summed E-state index contributed by atoms with van der Waals surface area (Å²) in [5.41, 5.74) is 0.855. The summed E-state index contributed by atoms with van der Waals surface area (Å²) in [5.74, 6) is 0.257. The zero-order chi connectivity index (χ0) is 27.2.